The molecular formula is C70H74N14. The van der Waals surface area contributed by atoms with Gasteiger partial charge < -0.3 is 0 Å². The third-order valence-electron chi connectivity index (χ3n) is 13.8. The van der Waals surface area contributed by atoms with Crippen molar-refractivity contribution >= 4 is 0 Å². The van der Waals surface area contributed by atoms with E-state index in [1.807, 2.05) is 95.1 Å². The molecule has 0 aliphatic carbocycles. The number of rotatable bonds is 16. The summed E-state index contributed by atoms with van der Waals surface area (Å²) in [4.78, 5) is 23.6. The molecule has 12 rings (SSSR count). The van der Waals surface area contributed by atoms with Crippen LogP contribution in [0.15, 0.2) is 208 Å². The van der Waals surface area contributed by atoms with Crippen molar-refractivity contribution in [2.75, 3.05) is 0 Å². The monoisotopic (exact) mass is 1110 g/mol. The van der Waals surface area contributed by atoms with E-state index in [9.17, 15) is 0 Å². The van der Waals surface area contributed by atoms with Crippen LogP contribution in [-0.2, 0) is 25.7 Å². The normalized spacial score (nSPS) is 10.8. The first-order chi connectivity index (χ1) is 41.0. The molecule has 0 fully saturated rings. The lowest BCUT2D eigenvalue weighted by molar-refractivity contribution is 0.747. The second kappa shape index (κ2) is 29.2. The van der Waals surface area contributed by atoms with Crippen LogP contribution in [0.25, 0.3) is 67.8 Å². The molecule has 12 aromatic rings. The van der Waals surface area contributed by atoms with Crippen molar-refractivity contribution in [3.8, 4) is 67.8 Å². The van der Waals surface area contributed by atoms with Crippen LogP contribution in [0.5, 0.6) is 0 Å². The Morgan fingerprint density at radius 3 is 1.24 bits per heavy atom. The number of aromatic nitrogens is 14. The number of aryl methyl sites for hydroxylation is 8. The van der Waals surface area contributed by atoms with E-state index >= 15 is 0 Å². The van der Waals surface area contributed by atoms with Crippen LogP contribution in [-0.4, -0.2) is 69.3 Å². The minimum Gasteiger partial charge on any atom is -0.261 e. The molecule has 14 heteroatoms. The molecule has 8 heterocycles. The summed E-state index contributed by atoms with van der Waals surface area (Å²) in [6.45, 7) is 17.0. The Kier molecular flexibility index (Phi) is 20.5. The van der Waals surface area contributed by atoms with Gasteiger partial charge in [0, 0.05) is 82.2 Å². The minimum absolute atomic E-state index is 0.740. The van der Waals surface area contributed by atoms with Crippen molar-refractivity contribution in [3.05, 3.63) is 253 Å². The van der Waals surface area contributed by atoms with E-state index in [4.69, 9.17) is 0 Å². The third kappa shape index (κ3) is 16.2. The minimum atomic E-state index is 0.740. The summed E-state index contributed by atoms with van der Waals surface area (Å²) in [5.41, 5.74) is 20.9. The van der Waals surface area contributed by atoms with Gasteiger partial charge in [-0.1, -0.05) is 173 Å². The van der Waals surface area contributed by atoms with Crippen molar-refractivity contribution in [2.45, 2.75) is 107 Å². The summed E-state index contributed by atoms with van der Waals surface area (Å²) in [7, 11) is 0. The average molecular weight is 1110 g/mol. The molecule has 84 heavy (non-hydrogen) atoms. The van der Waals surface area contributed by atoms with E-state index in [-0.39, 0.29) is 0 Å². The number of hydrogen-bond acceptors (Lipinski definition) is 10. The largest absolute Gasteiger partial charge is 0.261 e. The molecule has 0 atom stereocenters. The average Bonchev–Trinajstić information content (AvgIpc) is 4.58. The highest BCUT2D eigenvalue weighted by molar-refractivity contribution is 5.63. The van der Waals surface area contributed by atoms with Gasteiger partial charge in [0.25, 0.3) is 0 Å². The highest BCUT2D eigenvalue weighted by atomic mass is 15.5. The number of benzene rings is 4. The number of pyridine rings is 4. The molecule has 0 saturated heterocycles. The van der Waals surface area contributed by atoms with Crippen molar-refractivity contribution < 1.29 is 0 Å². The predicted molar refractivity (Wildman–Crippen MR) is 338 cm³/mol. The van der Waals surface area contributed by atoms with Crippen molar-refractivity contribution in [3.63, 3.8) is 0 Å². The van der Waals surface area contributed by atoms with Crippen LogP contribution in [0, 0.1) is 27.7 Å². The lowest BCUT2D eigenvalue weighted by Gasteiger charge is -2.04. The van der Waals surface area contributed by atoms with Crippen molar-refractivity contribution in [1.29, 1.82) is 0 Å². The van der Waals surface area contributed by atoms with Gasteiger partial charge in [0.1, 0.15) is 12.0 Å². The molecule has 0 unspecified atom stereocenters. The molecule has 0 N–H and O–H groups in total. The second-order valence-electron chi connectivity index (χ2n) is 20.8. The summed E-state index contributed by atoms with van der Waals surface area (Å²) in [5, 5.41) is 22.6. The van der Waals surface area contributed by atoms with Gasteiger partial charge in [-0.05, 0) is 114 Å². The number of nitrogens with zero attached hydrogens (tertiary/aromatic N) is 14. The molecule has 14 nitrogen and oxygen atoms in total. The summed E-state index contributed by atoms with van der Waals surface area (Å²) < 4.78 is 5.63. The van der Waals surface area contributed by atoms with Crippen molar-refractivity contribution in [2.24, 2.45) is 0 Å². The predicted octanol–water partition coefficient (Wildman–Crippen LogP) is 15.6. The van der Waals surface area contributed by atoms with E-state index in [1.54, 1.807) is 22.0 Å². The quantitative estimate of drug-likeness (QED) is 0.0915. The fourth-order valence-corrected chi connectivity index (χ4v) is 9.16. The fraction of sp³-hybridized carbons (Fsp3) is 0.229. The maximum Gasteiger partial charge on any atom is 0.181 e. The maximum atomic E-state index is 4.67. The third-order valence-corrected chi connectivity index (χ3v) is 13.8. The SMILES string of the molecule is CCCc1cc(-n2cc(-c3ccc(C)cc3)cn2)ccn1.CCCc1cc(-n2ccc(-c3ccc(C)cc3)n2)ccn1.CCCc1cc(-n2cnc(-c3ccc(C)cc3)n2)ccn1.CCCc1cc(-n2ncc(-c3ccc(C)cc3)n2)ccn1. The summed E-state index contributed by atoms with van der Waals surface area (Å²) in [6.07, 6.45) is 25.2. The second-order valence-corrected chi connectivity index (χ2v) is 20.8. The van der Waals surface area contributed by atoms with Crippen LogP contribution in [0.1, 0.15) is 98.4 Å². The Morgan fingerprint density at radius 1 is 0.333 bits per heavy atom. The van der Waals surface area contributed by atoms with E-state index in [0.29, 0.717) is 0 Å². The smallest absolute Gasteiger partial charge is 0.181 e. The van der Waals surface area contributed by atoms with E-state index in [0.717, 1.165) is 136 Å². The van der Waals surface area contributed by atoms with E-state index < -0.39 is 0 Å². The molecule has 424 valence electrons. The zero-order valence-corrected chi connectivity index (χ0v) is 49.5. The first-order valence-corrected chi connectivity index (χ1v) is 29.1. The first kappa shape index (κ1) is 58.8. The van der Waals surface area contributed by atoms with Gasteiger partial charge in [0.2, 0.25) is 0 Å². The van der Waals surface area contributed by atoms with E-state index in [1.165, 1.54) is 27.8 Å². The molecule has 0 aliphatic rings. The van der Waals surface area contributed by atoms with Gasteiger partial charge in [-0.3, -0.25) is 19.9 Å². The maximum absolute atomic E-state index is 4.67. The Labute approximate surface area is 494 Å². The summed E-state index contributed by atoms with van der Waals surface area (Å²) >= 11 is 0. The van der Waals surface area contributed by atoms with Gasteiger partial charge in [0.15, 0.2) is 5.82 Å². The Morgan fingerprint density at radius 2 is 0.750 bits per heavy atom. The van der Waals surface area contributed by atoms with Gasteiger partial charge >= 0.3 is 0 Å². The summed E-state index contributed by atoms with van der Waals surface area (Å²) in [5.74, 6) is 0.740. The standard InChI is InChI=1S/2C18H19N3.2C17H18N4/c1-3-4-16-13-17(9-11-19-16)21-12-10-18(20-21)15-7-5-14(2)6-8-15;1-3-4-17-11-18(9-10-19-17)21-13-16(12-20-21)15-7-5-14(2)6-8-15;1-3-4-15-11-16(9-10-18-15)21-12-19-17(20-21)14-7-5-13(2)6-8-14;1-3-4-15-11-16(9-10-18-15)21-19-12-17(20-21)14-7-5-13(2)6-8-14/h2*5-13H,3-4H2,1-2H3;2*5-12H,3-4H2,1-2H3. The number of hydrogen-bond donors (Lipinski definition) is 0. The van der Waals surface area contributed by atoms with Gasteiger partial charge in [-0.15, -0.1) is 10.2 Å². The topological polar surface area (TPSA) is 149 Å². The van der Waals surface area contributed by atoms with E-state index in [2.05, 4.69) is 215 Å². The van der Waals surface area contributed by atoms with Crippen molar-refractivity contribution in [1.82, 2.24) is 69.3 Å². The van der Waals surface area contributed by atoms with Gasteiger partial charge in [-0.2, -0.15) is 20.1 Å². The highest BCUT2D eigenvalue weighted by Crippen LogP contribution is 2.24. The Balaban J connectivity index is 0.000000134. The molecule has 0 aliphatic heterocycles. The highest BCUT2D eigenvalue weighted by Gasteiger charge is 2.10. The van der Waals surface area contributed by atoms with Crippen LogP contribution in [0.3, 0.4) is 0 Å². The Hall–Kier alpha value is -9.82. The zero-order valence-electron chi connectivity index (χ0n) is 49.5. The van der Waals surface area contributed by atoms with Crippen LogP contribution in [0.2, 0.25) is 0 Å². The first-order valence-electron chi connectivity index (χ1n) is 29.1. The molecule has 0 spiro atoms. The van der Waals surface area contributed by atoms with Gasteiger partial charge in [0.05, 0.1) is 40.8 Å². The molecule has 0 radical (unpaired) electrons. The lowest BCUT2D eigenvalue weighted by atomic mass is 10.1. The molecule has 0 saturated carbocycles. The zero-order chi connectivity index (χ0) is 58.6. The van der Waals surface area contributed by atoms with Crippen LogP contribution >= 0.6 is 0 Å². The molecule has 0 amide bonds. The fourth-order valence-electron chi connectivity index (χ4n) is 9.16. The lowest BCUT2D eigenvalue weighted by Crippen LogP contribution is -2.01. The molecular weight excluding hydrogens is 1040 g/mol. The van der Waals surface area contributed by atoms with Crippen LogP contribution < -0.4 is 0 Å². The Bertz CT molecular complexity index is 3430. The molecule has 4 aromatic carbocycles. The van der Waals surface area contributed by atoms with Gasteiger partial charge in [-0.25, -0.2) is 19.0 Å². The summed E-state index contributed by atoms with van der Waals surface area (Å²) in [6, 6.07) is 51.7. The molecule has 0 bridgehead atoms. The molecule has 8 aromatic heterocycles. The van der Waals surface area contributed by atoms with Crippen LogP contribution in [0.4, 0.5) is 0 Å².